The summed E-state index contributed by atoms with van der Waals surface area (Å²) in [5.41, 5.74) is 7.09. The highest BCUT2D eigenvalue weighted by Crippen LogP contribution is 2.24. The van der Waals surface area contributed by atoms with E-state index >= 15 is 0 Å². The van der Waals surface area contributed by atoms with Crippen molar-refractivity contribution in [3.8, 4) is 0 Å². The number of H-pyrrole nitrogens is 1. The van der Waals surface area contributed by atoms with Crippen molar-refractivity contribution in [2.24, 2.45) is 5.73 Å². The first-order chi connectivity index (χ1) is 13.6. The van der Waals surface area contributed by atoms with E-state index in [-0.39, 0.29) is 18.4 Å². The first-order valence-electron chi connectivity index (χ1n) is 8.89. The summed E-state index contributed by atoms with van der Waals surface area (Å²) < 4.78 is 0. The van der Waals surface area contributed by atoms with Gasteiger partial charge in [0.1, 0.15) is 5.82 Å². The maximum absolute atomic E-state index is 12.7. The van der Waals surface area contributed by atoms with Crippen molar-refractivity contribution in [2.75, 3.05) is 12.0 Å². The molecule has 3 rings (SSSR count). The number of hydrogen-bond acceptors (Lipinski definition) is 5. The van der Waals surface area contributed by atoms with Crippen molar-refractivity contribution >= 4 is 46.1 Å². The lowest BCUT2D eigenvalue weighted by Crippen LogP contribution is -2.37. The smallest absolute Gasteiger partial charge is 0.312 e. The highest BCUT2D eigenvalue weighted by Gasteiger charge is 2.22. The summed E-state index contributed by atoms with van der Waals surface area (Å²) in [6.07, 6.45) is 2.89. The Morgan fingerprint density at radius 1 is 1.21 bits per heavy atom. The highest BCUT2D eigenvalue weighted by molar-refractivity contribution is 7.98. The van der Waals surface area contributed by atoms with E-state index in [1.165, 1.54) is 11.3 Å². The third kappa shape index (κ3) is 5.26. The van der Waals surface area contributed by atoms with Crippen LogP contribution >= 0.6 is 23.1 Å². The van der Waals surface area contributed by atoms with Gasteiger partial charge in [-0.3, -0.25) is 4.79 Å². The normalized spacial score (nSPS) is 13.2. The minimum Gasteiger partial charge on any atom is -0.352 e. The first kappa shape index (κ1) is 20.2. The molecular formula is C19H23N5O2S2. The molecule has 5 N–H and O–H groups in total. The molecule has 0 saturated heterocycles. The number of carbonyl (C=O) groups is 2. The fourth-order valence-corrected chi connectivity index (χ4v) is 4.22. The maximum atomic E-state index is 12.7. The van der Waals surface area contributed by atoms with Crippen molar-refractivity contribution in [1.82, 2.24) is 20.6 Å². The summed E-state index contributed by atoms with van der Waals surface area (Å²) in [6.45, 7) is 0. The average molecular weight is 418 g/mol. The summed E-state index contributed by atoms with van der Waals surface area (Å²) in [5.74, 6) is 1.45. The van der Waals surface area contributed by atoms with Crippen molar-refractivity contribution in [3.05, 3.63) is 52.5 Å². The number of nitrogens with zero attached hydrogens (tertiary/aromatic N) is 1. The van der Waals surface area contributed by atoms with Crippen LogP contribution in [0.2, 0.25) is 0 Å². The first-order valence-corrected chi connectivity index (χ1v) is 11.2. The molecule has 0 aliphatic rings. The fourth-order valence-electron chi connectivity index (χ4n) is 2.97. The molecule has 0 aliphatic carbocycles. The molecule has 3 aromatic rings. The monoisotopic (exact) mass is 417 g/mol. The number of thioether (sulfide) groups is 1. The molecule has 0 saturated carbocycles. The number of rotatable bonds is 9. The number of aromatic amines is 1. The van der Waals surface area contributed by atoms with Gasteiger partial charge in [-0.1, -0.05) is 18.2 Å². The van der Waals surface area contributed by atoms with Crippen molar-refractivity contribution in [3.63, 3.8) is 0 Å². The van der Waals surface area contributed by atoms with Gasteiger partial charge in [0.2, 0.25) is 5.91 Å². The van der Waals surface area contributed by atoms with Gasteiger partial charge in [0.25, 0.3) is 0 Å². The molecule has 1 aromatic carbocycles. The fraction of sp³-hybridized carbons (Fsp3) is 0.316. The zero-order chi connectivity index (χ0) is 19.9. The third-order valence-corrected chi connectivity index (χ3v) is 5.91. The lowest BCUT2D eigenvalue weighted by molar-refractivity contribution is -0.122. The Morgan fingerprint density at radius 3 is 2.71 bits per heavy atom. The molecule has 148 valence electrons. The maximum Gasteiger partial charge on any atom is 0.312 e. The number of nitrogens with one attached hydrogen (secondary N) is 3. The lowest BCUT2D eigenvalue weighted by Gasteiger charge is -2.20. The molecule has 3 amide bonds. The molecule has 9 heteroatoms. The standard InChI is InChI=1S/C19H23N5O2S2/c1-27-10-8-14(18-22-12-5-2-3-6-13(12)23-18)21-17(25)11-15(24-19(20)26)16-7-4-9-28-16/h2-7,9,14-15H,8,10-11H2,1H3,(H,21,25)(H,22,23)(H3,20,24,26)/t14-,15+/m0/s1. The predicted molar refractivity (Wildman–Crippen MR) is 114 cm³/mol. The Morgan fingerprint density at radius 2 is 2.04 bits per heavy atom. The Kier molecular flexibility index (Phi) is 6.94. The van der Waals surface area contributed by atoms with Crippen LogP contribution in [0.25, 0.3) is 11.0 Å². The van der Waals surface area contributed by atoms with Gasteiger partial charge in [-0.25, -0.2) is 9.78 Å². The lowest BCUT2D eigenvalue weighted by atomic mass is 10.1. The van der Waals surface area contributed by atoms with E-state index < -0.39 is 12.1 Å². The minimum absolute atomic E-state index is 0.111. The van der Waals surface area contributed by atoms with Gasteiger partial charge in [-0.2, -0.15) is 11.8 Å². The highest BCUT2D eigenvalue weighted by atomic mass is 32.2. The van der Waals surface area contributed by atoms with Crippen molar-refractivity contribution in [2.45, 2.75) is 24.9 Å². The summed E-state index contributed by atoms with van der Waals surface area (Å²) in [6, 6.07) is 10.2. The molecular weight excluding hydrogens is 394 g/mol. The van der Waals surface area contributed by atoms with E-state index in [1.807, 2.05) is 48.0 Å². The summed E-state index contributed by atoms with van der Waals surface area (Å²) >= 11 is 3.19. The minimum atomic E-state index is -0.651. The van der Waals surface area contributed by atoms with E-state index in [2.05, 4.69) is 20.6 Å². The number of primary amides is 1. The van der Waals surface area contributed by atoms with Gasteiger partial charge in [0.15, 0.2) is 0 Å². The molecule has 0 spiro atoms. The van der Waals surface area contributed by atoms with E-state index in [9.17, 15) is 9.59 Å². The number of imidazole rings is 1. The third-order valence-electron chi connectivity index (χ3n) is 4.28. The number of amides is 3. The number of hydrogen-bond donors (Lipinski definition) is 4. The molecule has 2 aromatic heterocycles. The summed E-state index contributed by atoms with van der Waals surface area (Å²) in [7, 11) is 0. The number of carbonyl (C=O) groups excluding carboxylic acids is 2. The number of para-hydroxylation sites is 2. The number of urea groups is 1. The zero-order valence-corrected chi connectivity index (χ0v) is 17.1. The van der Waals surface area contributed by atoms with E-state index in [4.69, 9.17) is 5.73 Å². The average Bonchev–Trinajstić information content (AvgIpc) is 3.33. The van der Waals surface area contributed by atoms with Gasteiger partial charge in [0.05, 0.1) is 29.5 Å². The van der Waals surface area contributed by atoms with Gasteiger partial charge in [-0.15, -0.1) is 11.3 Å². The quantitative estimate of drug-likeness (QED) is 0.428. The van der Waals surface area contributed by atoms with E-state index in [0.717, 1.165) is 33.9 Å². The molecule has 0 fully saturated rings. The molecule has 2 heterocycles. The predicted octanol–water partition coefficient (Wildman–Crippen LogP) is 3.33. The molecule has 0 unspecified atom stereocenters. The summed E-state index contributed by atoms with van der Waals surface area (Å²) in [4.78, 5) is 32.9. The Hall–Kier alpha value is -2.52. The molecule has 28 heavy (non-hydrogen) atoms. The van der Waals surface area contributed by atoms with Crippen molar-refractivity contribution in [1.29, 1.82) is 0 Å². The van der Waals surface area contributed by atoms with Crippen LogP contribution in [0.5, 0.6) is 0 Å². The van der Waals surface area contributed by atoms with Crippen LogP contribution in [0.15, 0.2) is 41.8 Å². The van der Waals surface area contributed by atoms with Crippen LogP contribution in [-0.4, -0.2) is 33.9 Å². The SMILES string of the molecule is CSCC[C@H](NC(=O)C[C@@H](NC(N)=O)c1cccs1)c1nc2ccccc2[nH]1. The van der Waals surface area contributed by atoms with Crippen LogP contribution in [0.3, 0.4) is 0 Å². The van der Waals surface area contributed by atoms with Gasteiger partial charge in [-0.05, 0) is 42.0 Å². The largest absolute Gasteiger partial charge is 0.352 e. The topological polar surface area (TPSA) is 113 Å². The van der Waals surface area contributed by atoms with Gasteiger partial charge in [0, 0.05) is 4.88 Å². The van der Waals surface area contributed by atoms with Crippen LogP contribution < -0.4 is 16.4 Å². The van der Waals surface area contributed by atoms with Crippen LogP contribution in [0, 0.1) is 0 Å². The number of nitrogens with two attached hydrogens (primary N) is 1. The Labute approximate surface area is 171 Å². The summed E-state index contributed by atoms with van der Waals surface area (Å²) in [5, 5.41) is 7.61. The van der Waals surface area contributed by atoms with E-state index in [1.54, 1.807) is 11.8 Å². The number of thiophene rings is 1. The molecule has 0 radical (unpaired) electrons. The van der Waals surface area contributed by atoms with Gasteiger partial charge < -0.3 is 21.4 Å². The van der Waals surface area contributed by atoms with E-state index in [0.29, 0.717) is 0 Å². The Bertz CT molecular complexity index is 892. The second kappa shape index (κ2) is 9.61. The molecule has 2 atom stereocenters. The van der Waals surface area contributed by atoms with Crippen LogP contribution in [-0.2, 0) is 4.79 Å². The van der Waals surface area contributed by atoms with Crippen LogP contribution in [0.4, 0.5) is 4.79 Å². The zero-order valence-electron chi connectivity index (χ0n) is 15.5. The molecule has 0 bridgehead atoms. The number of benzene rings is 1. The number of fused-ring (bicyclic) bond motifs is 1. The molecule has 7 nitrogen and oxygen atoms in total. The van der Waals surface area contributed by atoms with Crippen molar-refractivity contribution < 1.29 is 9.59 Å². The second-order valence-corrected chi connectivity index (χ2v) is 8.29. The second-order valence-electron chi connectivity index (χ2n) is 6.32. The molecule has 0 aliphatic heterocycles. The van der Waals surface area contributed by atoms with Crippen LogP contribution in [0.1, 0.15) is 35.6 Å². The Balaban J connectivity index is 1.73. The number of aromatic nitrogens is 2. The van der Waals surface area contributed by atoms with Gasteiger partial charge >= 0.3 is 6.03 Å².